The highest BCUT2D eigenvalue weighted by atomic mass is 32.2. The van der Waals surface area contributed by atoms with Crippen LogP contribution in [0.4, 0.5) is 0 Å². The van der Waals surface area contributed by atoms with E-state index in [1.807, 2.05) is 0 Å². The summed E-state index contributed by atoms with van der Waals surface area (Å²) in [5.74, 6) is 2.33. The highest BCUT2D eigenvalue weighted by molar-refractivity contribution is 7.91. The summed E-state index contributed by atoms with van der Waals surface area (Å²) in [5.41, 5.74) is 0. The lowest BCUT2D eigenvalue weighted by molar-refractivity contribution is 0.0194. The fourth-order valence-corrected chi connectivity index (χ4v) is 5.84. The monoisotopic (exact) mass is 386 g/mol. The maximum Gasteiger partial charge on any atom is 0.193 e. The molecule has 0 aromatic carbocycles. The van der Waals surface area contributed by atoms with Crippen molar-refractivity contribution in [2.45, 2.75) is 32.7 Å². The Morgan fingerprint density at radius 2 is 2.00 bits per heavy atom. The molecule has 26 heavy (non-hydrogen) atoms. The molecule has 2 atom stereocenters. The second kappa shape index (κ2) is 8.89. The molecule has 0 amide bonds. The number of aliphatic imine (C=N–C) groups is 1. The second-order valence-corrected chi connectivity index (χ2v) is 10.5. The maximum absolute atomic E-state index is 11.7. The second-order valence-electron chi connectivity index (χ2n) is 8.24. The number of morpholine rings is 1. The molecule has 3 fully saturated rings. The van der Waals surface area contributed by atoms with Gasteiger partial charge in [-0.2, -0.15) is 0 Å². The average Bonchev–Trinajstić information content (AvgIpc) is 3.22. The van der Waals surface area contributed by atoms with Crippen LogP contribution < -0.4 is 5.32 Å². The molecular weight excluding hydrogens is 352 g/mol. The van der Waals surface area contributed by atoms with Crippen molar-refractivity contribution in [3.05, 3.63) is 0 Å². The van der Waals surface area contributed by atoms with Crippen LogP contribution >= 0.6 is 0 Å². The summed E-state index contributed by atoms with van der Waals surface area (Å²) in [7, 11) is -2.82. The molecular formula is C18H34N4O3S. The van der Waals surface area contributed by atoms with E-state index in [9.17, 15) is 8.42 Å². The number of hydrogen-bond acceptors (Lipinski definition) is 5. The van der Waals surface area contributed by atoms with E-state index in [4.69, 9.17) is 9.73 Å². The third kappa shape index (κ3) is 5.57. The van der Waals surface area contributed by atoms with E-state index >= 15 is 0 Å². The fraction of sp³-hybridized carbons (Fsp3) is 0.944. The zero-order chi connectivity index (χ0) is 18.6. The van der Waals surface area contributed by atoms with Crippen LogP contribution in [0.15, 0.2) is 4.99 Å². The Balaban J connectivity index is 1.56. The van der Waals surface area contributed by atoms with Gasteiger partial charge in [0, 0.05) is 45.3 Å². The molecule has 3 rings (SSSR count). The van der Waals surface area contributed by atoms with Gasteiger partial charge in [-0.15, -0.1) is 0 Å². The van der Waals surface area contributed by atoms with Crippen LogP contribution in [0.25, 0.3) is 0 Å². The Kier molecular flexibility index (Phi) is 6.80. The molecule has 0 spiro atoms. The third-order valence-electron chi connectivity index (χ3n) is 5.51. The molecule has 0 aromatic rings. The van der Waals surface area contributed by atoms with E-state index in [1.165, 1.54) is 0 Å². The van der Waals surface area contributed by atoms with Crippen LogP contribution in [-0.4, -0.2) is 94.2 Å². The normalized spacial score (nSPS) is 30.3. The lowest BCUT2D eigenvalue weighted by Crippen LogP contribution is -2.47. The van der Waals surface area contributed by atoms with E-state index in [2.05, 4.69) is 29.0 Å². The van der Waals surface area contributed by atoms with Crippen molar-refractivity contribution in [1.29, 1.82) is 0 Å². The maximum atomic E-state index is 11.7. The molecule has 3 aliphatic heterocycles. The van der Waals surface area contributed by atoms with E-state index < -0.39 is 9.84 Å². The average molecular weight is 387 g/mol. The molecule has 0 saturated carbocycles. The minimum Gasteiger partial charge on any atom is -0.379 e. The zero-order valence-corrected chi connectivity index (χ0v) is 17.0. The van der Waals surface area contributed by atoms with Crippen molar-refractivity contribution in [2.75, 3.05) is 64.0 Å². The molecule has 8 heteroatoms. The van der Waals surface area contributed by atoms with Gasteiger partial charge in [0.25, 0.3) is 0 Å². The van der Waals surface area contributed by atoms with Gasteiger partial charge >= 0.3 is 0 Å². The zero-order valence-electron chi connectivity index (χ0n) is 16.2. The Morgan fingerprint density at radius 3 is 2.65 bits per heavy atom. The van der Waals surface area contributed by atoms with Gasteiger partial charge in [-0.05, 0) is 24.7 Å². The summed E-state index contributed by atoms with van der Waals surface area (Å²) in [6, 6.07) is 0.566. The number of rotatable bonds is 5. The van der Waals surface area contributed by atoms with Crippen LogP contribution in [0.3, 0.4) is 0 Å². The van der Waals surface area contributed by atoms with Crippen molar-refractivity contribution in [3.63, 3.8) is 0 Å². The molecule has 0 radical (unpaired) electrons. The predicted octanol–water partition coefficient (Wildman–Crippen LogP) is 0.429. The molecule has 3 aliphatic rings. The van der Waals surface area contributed by atoms with Gasteiger partial charge in [0.15, 0.2) is 15.8 Å². The van der Waals surface area contributed by atoms with Gasteiger partial charge in [-0.25, -0.2) is 8.42 Å². The first-order valence-electron chi connectivity index (χ1n) is 9.98. The first kappa shape index (κ1) is 19.9. The molecule has 2 unspecified atom stereocenters. The lowest BCUT2D eigenvalue weighted by atomic mass is 10.1. The van der Waals surface area contributed by atoms with Gasteiger partial charge < -0.3 is 15.0 Å². The smallest absolute Gasteiger partial charge is 0.193 e. The van der Waals surface area contributed by atoms with E-state index in [0.29, 0.717) is 30.0 Å². The van der Waals surface area contributed by atoms with Gasteiger partial charge in [0.2, 0.25) is 0 Å². The molecule has 3 saturated heterocycles. The Hall–Kier alpha value is -0.860. The first-order valence-corrected chi connectivity index (χ1v) is 11.8. The SMILES string of the molecule is CC(C)CN=C(NCC1CCS(=O)(=O)C1)N1CCC(N2CCOCC2)C1. The van der Waals surface area contributed by atoms with Crippen LogP contribution in [0.2, 0.25) is 0 Å². The van der Waals surface area contributed by atoms with Crippen molar-refractivity contribution in [3.8, 4) is 0 Å². The number of nitrogens with one attached hydrogen (secondary N) is 1. The Bertz CT molecular complexity index is 587. The predicted molar refractivity (Wildman–Crippen MR) is 104 cm³/mol. The van der Waals surface area contributed by atoms with E-state index in [0.717, 1.165) is 64.7 Å². The van der Waals surface area contributed by atoms with E-state index in [1.54, 1.807) is 0 Å². The minimum atomic E-state index is -2.82. The van der Waals surface area contributed by atoms with Crippen LogP contribution in [0.1, 0.15) is 26.7 Å². The number of hydrogen-bond donors (Lipinski definition) is 1. The molecule has 0 bridgehead atoms. The van der Waals surface area contributed by atoms with Crippen molar-refractivity contribution in [1.82, 2.24) is 15.1 Å². The molecule has 3 heterocycles. The van der Waals surface area contributed by atoms with E-state index in [-0.39, 0.29) is 5.92 Å². The Labute approximate surface area is 158 Å². The first-order chi connectivity index (χ1) is 12.4. The quantitative estimate of drug-likeness (QED) is 0.546. The lowest BCUT2D eigenvalue weighted by Gasteiger charge is -2.32. The van der Waals surface area contributed by atoms with Gasteiger partial charge in [-0.1, -0.05) is 13.8 Å². The largest absolute Gasteiger partial charge is 0.379 e. The molecule has 7 nitrogen and oxygen atoms in total. The summed E-state index contributed by atoms with van der Waals surface area (Å²) >= 11 is 0. The highest BCUT2D eigenvalue weighted by Gasteiger charge is 2.32. The molecule has 0 aliphatic carbocycles. The molecule has 1 N–H and O–H groups in total. The third-order valence-corrected chi connectivity index (χ3v) is 7.34. The fourth-order valence-electron chi connectivity index (χ4n) is 3.98. The number of ether oxygens (including phenoxy) is 1. The van der Waals surface area contributed by atoms with Crippen molar-refractivity contribution in [2.24, 2.45) is 16.8 Å². The van der Waals surface area contributed by atoms with Crippen LogP contribution in [0.5, 0.6) is 0 Å². The number of guanidine groups is 1. The molecule has 150 valence electrons. The van der Waals surface area contributed by atoms with Gasteiger partial charge in [0.1, 0.15) is 0 Å². The summed E-state index contributed by atoms with van der Waals surface area (Å²) in [6.45, 7) is 11.5. The number of nitrogens with zero attached hydrogens (tertiary/aromatic N) is 3. The number of sulfone groups is 1. The minimum absolute atomic E-state index is 0.210. The highest BCUT2D eigenvalue weighted by Crippen LogP contribution is 2.19. The summed E-state index contributed by atoms with van der Waals surface area (Å²) < 4.78 is 28.9. The van der Waals surface area contributed by atoms with Crippen LogP contribution in [0, 0.1) is 11.8 Å². The van der Waals surface area contributed by atoms with Crippen molar-refractivity contribution >= 4 is 15.8 Å². The van der Waals surface area contributed by atoms with Gasteiger partial charge in [0.05, 0.1) is 24.7 Å². The Morgan fingerprint density at radius 1 is 1.23 bits per heavy atom. The van der Waals surface area contributed by atoms with Crippen LogP contribution in [-0.2, 0) is 14.6 Å². The summed E-state index contributed by atoms with van der Waals surface area (Å²) in [6.07, 6.45) is 1.92. The number of likely N-dealkylation sites (tertiary alicyclic amines) is 1. The standard InChI is InChI=1S/C18H34N4O3S/c1-15(2)11-19-18(20-12-16-4-10-26(23,24)14-16)22-5-3-17(13-22)21-6-8-25-9-7-21/h15-17H,3-14H2,1-2H3,(H,19,20). The van der Waals surface area contributed by atoms with Crippen molar-refractivity contribution < 1.29 is 13.2 Å². The van der Waals surface area contributed by atoms with Gasteiger partial charge in [-0.3, -0.25) is 9.89 Å². The molecule has 0 aromatic heterocycles. The summed E-state index contributed by atoms with van der Waals surface area (Å²) in [5, 5.41) is 3.49. The summed E-state index contributed by atoms with van der Waals surface area (Å²) in [4.78, 5) is 9.71. The topological polar surface area (TPSA) is 74.2 Å².